The van der Waals surface area contributed by atoms with E-state index in [2.05, 4.69) is 10.2 Å². The molecule has 0 aliphatic rings. The number of hydrogen-bond donors (Lipinski definition) is 2. The summed E-state index contributed by atoms with van der Waals surface area (Å²) in [6.07, 6.45) is 1.28. The molecule has 106 valence electrons. The van der Waals surface area contributed by atoms with Crippen molar-refractivity contribution in [3.8, 4) is 0 Å². The lowest BCUT2D eigenvalue weighted by molar-refractivity contribution is -0.118. The Kier molecular flexibility index (Phi) is 6.59. The topological polar surface area (TPSA) is 112 Å². The van der Waals surface area contributed by atoms with E-state index in [1.165, 1.54) is 34.9 Å². The molecule has 0 fully saturated rings. The maximum absolute atomic E-state index is 11.1. The highest BCUT2D eigenvalue weighted by Gasteiger charge is 2.20. The number of primary amides is 2. The van der Waals surface area contributed by atoms with Crippen molar-refractivity contribution in [1.82, 2.24) is 10.2 Å². The summed E-state index contributed by atoms with van der Waals surface area (Å²) in [6.45, 7) is 3.78. The minimum absolute atomic E-state index is 0.302. The normalized spacial score (nSPS) is 14.0. The van der Waals surface area contributed by atoms with E-state index in [1.54, 1.807) is 0 Å². The number of thioether (sulfide) groups is 2. The van der Waals surface area contributed by atoms with Crippen molar-refractivity contribution < 1.29 is 9.59 Å². The zero-order chi connectivity index (χ0) is 14.4. The lowest BCUT2D eigenvalue weighted by Gasteiger charge is -2.07. The lowest BCUT2D eigenvalue weighted by Crippen LogP contribution is -2.24. The fourth-order valence-electron chi connectivity index (χ4n) is 1.22. The average molecular weight is 320 g/mol. The first kappa shape index (κ1) is 16.3. The van der Waals surface area contributed by atoms with E-state index >= 15 is 0 Å². The summed E-state index contributed by atoms with van der Waals surface area (Å²) in [4.78, 5) is 22.3. The minimum Gasteiger partial charge on any atom is -0.369 e. The highest BCUT2D eigenvalue weighted by atomic mass is 32.2. The van der Waals surface area contributed by atoms with Crippen LogP contribution in [0.4, 0.5) is 0 Å². The van der Waals surface area contributed by atoms with Gasteiger partial charge in [-0.1, -0.05) is 48.7 Å². The first-order valence-electron chi connectivity index (χ1n) is 5.73. The Bertz CT molecular complexity index is 413. The van der Waals surface area contributed by atoms with Gasteiger partial charge in [0.15, 0.2) is 8.68 Å². The molecule has 0 aromatic carbocycles. The molecule has 0 aliphatic heterocycles. The van der Waals surface area contributed by atoms with E-state index < -0.39 is 0 Å². The molecular weight excluding hydrogens is 304 g/mol. The van der Waals surface area contributed by atoms with E-state index in [0.717, 1.165) is 0 Å². The summed E-state index contributed by atoms with van der Waals surface area (Å²) in [5, 5.41) is 7.36. The monoisotopic (exact) mass is 320 g/mol. The maximum atomic E-state index is 11.1. The van der Waals surface area contributed by atoms with Gasteiger partial charge < -0.3 is 11.5 Å². The van der Waals surface area contributed by atoms with Gasteiger partial charge >= 0.3 is 0 Å². The zero-order valence-electron chi connectivity index (χ0n) is 10.7. The van der Waals surface area contributed by atoms with Crippen LogP contribution in [0.15, 0.2) is 8.68 Å². The molecule has 1 heterocycles. The van der Waals surface area contributed by atoms with E-state index in [0.29, 0.717) is 21.5 Å². The van der Waals surface area contributed by atoms with Gasteiger partial charge in [-0.25, -0.2) is 0 Å². The van der Waals surface area contributed by atoms with Gasteiger partial charge in [0.2, 0.25) is 11.8 Å². The smallest absolute Gasteiger partial charge is 0.230 e. The Morgan fingerprint density at radius 2 is 1.42 bits per heavy atom. The second kappa shape index (κ2) is 7.71. The number of amides is 2. The van der Waals surface area contributed by atoms with E-state index in [-0.39, 0.29) is 22.3 Å². The number of nitrogens with zero attached hydrogens (tertiary/aromatic N) is 2. The van der Waals surface area contributed by atoms with Crippen LogP contribution in [0, 0.1) is 0 Å². The molecule has 1 aromatic rings. The highest BCUT2D eigenvalue weighted by molar-refractivity contribution is 8.04. The third-order valence-electron chi connectivity index (χ3n) is 2.25. The first-order chi connectivity index (χ1) is 8.97. The summed E-state index contributed by atoms with van der Waals surface area (Å²) in [6, 6.07) is 0. The Morgan fingerprint density at radius 1 is 1.05 bits per heavy atom. The molecule has 4 N–H and O–H groups in total. The van der Waals surface area contributed by atoms with Crippen LogP contribution in [0.2, 0.25) is 0 Å². The minimum atomic E-state index is -0.361. The summed E-state index contributed by atoms with van der Waals surface area (Å²) >= 11 is 3.95. The van der Waals surface area contributed by atoms with Gasteiger partial charge in [0.05, 0.1) is 10.5 Å². The van der Waals surface area contributed by atoms with Crippen molar-refractivity contribution in [2.45, 2.75) is 45.9 Å². The number of nitrogens with two attached hydrogens (primary N) is 2. The third-order valence-corrected chi connectivity index (χ3v) is 6.11. The predicted octanol–water partition coefficient (Wildman–Crippen LogP) is 1.25. The van der Waals surface area contributed by atoms with E-state index in [1.807, 2.05) is 13.8 Å². The van der Waals surface area contributed by atoms with Crippen LogP contribution in [-0.4, -0.2) is 32.5 Å². The lowest BCUT2D eigenvalue weighted by atomic mass is 10.3. The van der Waals surface area contributed by atoms with Gasteiger partial charge in [0.25, 0.3) is 0 Å². The van der Waals surface area contributed by atoms with Crippen molar-refractivity contribution >= 4 is 46.7 Å². The van der Waals surface area contributed by atoms with Crippen LogP contribution in [0.3, 0.4) is 0 Å². The van der Waals surface area contributed by atoms with Gasteiger partial charge in [-0.05, 0) is 12.8 Å². The van der Waals surface area contributed by atoms with Crippen molar-refractivity contribution in [1.29, 1.82) is 0 Å². The van der Waals surface area contributed by atoms with Gasteiger partial charge in [0.1, 0.15) is 0 Å². The maximum Gasteiger partial charge on any atom is 0.230 e. The number of hydrogen-bond acceptors (Lipinski definition) is 7. The molecule has 2 amide bonds. The summed E-state index contributed by atoms with van der Waals surface area (Å²) in [5.74, 6) is -0.721. The molecule has 0 aliphatic carbocycles. The van der Waals surface area contributed by atoms with Crippen LogP contribution in [0.1, 0.15) is 26.7 Å². The SMILES string of the molecule is CC[C@H](Sc1nnc(S[C@H](CC)C(N)=O)s1)C(N)=O. The molecule has 0 spiro atoms. The van der Waals surface area contributed by atoms with Gasteiger partial charge in [0, 0.05) is 0 Å². The summed E-state index contributed by atoms with van der Waals surface area (Å²) in [7, 11) is 0. The van der Waals surface area contributed by atoms with Crippen LogP contribution in [0.25, 0.3) is 0 Å². The van der Waals surface area contributed by atoms with Gasteiger partial charge in [-0.2, -0.15) is 0 Å². The number of carbonyl (C=O) groups is 2. The molecule has 0 unspecified atom stereocenters. The molecule has 1 aromatic heterocycles. The molecule has 0 saturated carbocycles. The van der Waals surface area contributed by atoms with E-state index in [9.17, 15) is 9.59 Å². The molecule has 6 nitrogen and oxygen atoms in total. The second-order valence-electron chi connectivity index (χ2n) is 3.67. The van der Waals surface area contributed by atoms with Crippen LogP contribution >= 0.6 is 34.9 Å². The molecule has 1 rings (SSSR count). The quantitative estimate of drug-likeness (QED) is 0.697. The Labute approximate surface area is 124 Å². The summed E-state index contributed by atoms with van der Waals surface area (Å²) < 4.78 is 1.35. The standard InChI is InChI=1S/C10H16N4O2S3/c1-3-5(7(11)15)17-9-13-14-10(19-9)18-6(4-2)8(12)16/h5-6H,3-4H2,1-2H3,(H2,11,15)(H2,12,16)/t5-,6+. The van der Waals surface area contributed by atoms with Crippen molar-refractivity contribution in [2.75, 3.05) is 0 Å². The Morgan fingerprint density at radius 3 is 1.68 bits per heavy atom. The Balaban J connectivity index is 2.66. The second-order valence-corrected chi connectivity index (χ2v) is 7.55. The van der Waals surface area contributed by atoms with Crippen molar-refractivity contribution in [3.05, 3.63) is 0 Å². The zero-order valence-corrected chi connectivity index (χ0v) is 13.1. The van der Waals surface area contributed by atoms with Gasteiger partial charge in [-0.3, -0.25) is 9.59 Å². The predicted molar refractivity (Wildman–Crippen MR) is 78.2 cm³/mol. The highest BCUT2D eigenvalue weighted by Crippen LogP contribution is 2.34. The van der Waals surface area contributed by atoms with Crippen molar-refractivity contribution in [2.24, 2.45) is 11.5 Å². The largest absolute Gasteiger partial charge is 0.369 e. The molecule has 9 heteroatoms. The van der Waals surface area contributed by atoms with Crippen LogP contribution < -0.4 is 11.5 Å². The van der Waals surface area contributed by atoms with Gasteiger partial charge in [-0.15, -0.1) is 10.2 Å². The molecular formula is C10H16N4O2S3. The molecule has 19 heavy (non-hydrogen) atoms. The molecule has 2 atom stereocenters. The fraction of sp³-hybridized carbons (Fsp3) is 0.600. The molecule has 0 bridgehead atoms. The number of aromatic nitrogens is 2. The third kappa shape index (κ3) is 5.00. The Hall–Kier alpha value is -0.800. The fourth-order valence-corrected chi connectivity index (χ4v) is 4.48. The van der Waals surface area contributed by atoms with Crippen molar-refractivity contribution in [3.63, 3.8) is 0 Å². The number of rotatable bonds is 8. The molecule has 0 radical (unpaired) electrons. The molecule has 0 saturated heterocycles. The first-order valence-corrected chi connectivity index (χ1v) is 8.30. The van der Waals surface area contributed by atoms with Crippen LogP contribution in [0.5, 0.6) is 0 Å². The number of carbonyl (C=O) groups excluding carboxylic acids is 2. The van der Waals surface area contributed by atoms with E-state index in [4.69, 9.17) is 11.5 Å². The summed E-state index contributed by atoms with van der Waals surface area (Å²) in [5.41, 5.74) is 10.5. The van der Waals surface area contributed by atoms with Crippen LogP contribution in [-0.2, 0) is 9.59 Å². The average Bonchev–Trinajstić information content (AvgIpc) is 2.79.